The van der Waals surface area contributed by atoms with Gasteiger partial charge in [-0.15, -0.1) is 13.2 Å². The zero-order valence-electron chi connectivity index (χ0n) is 22.5. The van der Waals surface area contributed by atoms with E-state index in [-0.39, 0.29) is 29.7 Å². The molecule has 0 radical (unpaired) electrons. The lowest BCUT2D eigenvalue weighted by Gasteiger charge is -2.62. The molecule has 4 bridgehead atoms. The van der Waals surface area contributed by atoms with Crippen LogP contribution in [-0.4, -0.2) is 57.5 Å². The number of halogens is 3. The maximum Gasteiger partial charge on any atom is 0.573 e. The summed E-state index contributed by atoms with van der Waals surface area (Å²) in [6.45, 7) is 1.51. The molecule has 1 aromatic carbocycles. The van der Waals surface area contributed by atoms with E-state index in [1.807, 2.05) is 0 Å². The number of para-hydroxylation sites is 1. The van der Waals surface area contributed by atoms with Gasteiger partial charge in [0.1, 0.15) is 29.2 Å². The number of carbonyl (C=O) groups is 1. The highest BCUT2D eigenvalue weighted by Crippen LogP contribution is 2.61. The van der Waals surface area contributed by atoms with Gasteiger partial charge in [-0.05, 0) is 80.7 Å². The van der Waals surface area contributed by atoms with Crippen molar-refractivity contribution in [1.29, 1.82) is 5.26 Å². The number of carboxylic acid groups (broad SMARTS) is 1. The number of aliphatic carboxylic acids is 1. The molecule has 0 unspecified atom stereocenters. The standard InChI is InChI=1S/C29H33F3N6O3/c30-29(31,32)41-23-6-2-1-4-18(23)14-34-27-35-15-21(13-33)25(37-27)36-16-28-10-17-8-19(11-28)24(20(9-17)12-28)38-7-3-5-22(38)26(39)40/h1-2,4,6,15,17,19-20,22,24H,3,5,7-12,14,16H2,(H,39,40)(H2,34,35,36,37)/t17?,19-,20-,22+,24?,28?/m0/s1. The lowest BCUT2D eigenvalue weighted by Crippen LogP contribution is -2.62. The molecule has 2 aromatic rings. The van der Waals surface area contributed by atoms with Crippen molar-refractivity contribution in [3.8, 4) is 11.8 Å². The number of nitrogens with one attached hydrogen (secondary N) is 2. The van der Waals surface area contributed by atoms with E-state index in [1.165, 1.54) is 24.4 Å². The molecule has 5 aliphatic rings. The summed E-state index contributed by atoms with van der Waals surface area (Å²) in [5.74, 6) is 1.15. The largest absolute Gasteiger partial charge is 0.573 e. The Bertz CT molecular complexity index is 1330. The van der Waals surface area contributed by atoms with Crippen LogP contribution in [0, 0.1) is 34.5 Å². The minimum atomic E-state index is -4.80. The van der Waals surface area contributed by atoms with Crippen LogP contribution in [0.15, 0.2) is 30.5 Å². The first-order valence-electron chi connectivity index (χ1n) is 14.2. The number of likely N-dealkylation sites (tertiary alicyclic amines) is 1. The smallest absolute Gasteiger partial charge is 0.480 e. The SMILES string of the molecule is N#Cc1cnc(NCc2ccccc2OC(F)(F)F)nc1NCC12CC3C[C@@H](C1)C(N1CCC[C@@H]1C(=O)O)[C@@H](C3)C2. The predicted octanol–water partition coefficient (Wildman–Crippen LogP) is 5.01. The molecule has 1 saturated heterocycles. The molecule has 9 nitrogen and oxygen atoms in total. The van der Waals surface area contributed by atoms with Crippen LogP contribution < -0.4 is 15.4 Å². The third kappa shape index (κ3) is 5.64. The molecule has 218 valence electrons. The Morgan fingerprint density at radius 1 is 1.20 bits per heavy atom. The van der Waals surface area contributed by atoms with Crippen molar-refractivity contribution in [3.05, 3.63) is 41.6 Å². The molecule has 0 spiro atoms. The molecule has 5 fully saturated rings. The van der Waals surface area contributed by atoms with Crippen LogP contribution in [0.4, 0.5) is 24.9 Å². The number of nitrogens with zero attached hydrogens (tertiary/aromatic N) is 4. The number of anilines is 2. The van der Waals surface area contributed by atoms with Crippen LogP contribution in [0.1, 0.15) is 56.1 Å². The van der Waals surface area contributed by atoms with E-state index >= 15 is 0 Å². The van der Waals surface area contributed by atoms with Gasteiger partial charge < -0.3 is 20.5 Å². The Hall–Kier alpha value is -3.59. The van der Waals surface area contributed by atoms with Crippen molar-refractivity contribution in [1.82, 2.24) is 14.9 Å². The minimum absolute atomic E-state index is 0.00178. The first kappa shape index (κ1) is 27.6. The molecular formula is C29H33F3N6O3. The molecule has 7 rings (SSSR count). The third-order valence-electron chi connectivity index (χ3n) is 9.49. The number of hydrogen-bond acceptors (Lipinski definition) is 8. The van der Waals surface area contributed by atoms with Gasteiger partial charge in [-0.25, -0.2) is 4.98 Å². The van der Waals surface area contributed by atoms with Crippen LogP contribution >= 0.6 is 0 Å². The van der Waals surface area contributed by atoms with Crippen molar-refractivity contribution in [2.45, 2.75) is 69.9 Å². The Labute approximate surface area is 236 Å². The van der Waals surface area contributed by atoms with E-state index in [0.29, 0.717) is 47.3 Å². The number of aromatic nitrogens is 2. The molecule has 12 heteroatoms. The van der Waals surface area contributed by atoms with Gasteiger partial charge in [0, 0.05) is 24.7 Å². The summed E-state index contributed by atoms with van der Waals surface area (Å²) in [5.41, 5.74) is 0.642. The summed E-state index contributed by atoms with van der Waals surface area (Å²) in [6, 6.07) is 7.95. The summed E-state index contributed by atoms with van der Waals surface area (Å²) in [7, 11) is 0. The van der Waals surface area contributed by atoms with Crippen LogP contribution in [-0.2, 0) is 11.3 Å². The normalized spacial score (nSPS) is 30.6. The Morgan fingerprint density at radius 2 is 1.95 bits per heavy atom. The lowest BCUT2D eigenvalue weighted by molar-refractivity contribution is -0.274. The number of carboxylic acids is 1. The van der Waals surface area contributed by atoms with Gasteiger partial charge in [-0.3, -0.25) is 9.69 Å². The van der Waals surface area contributed by atoms with Crippen LogP contribution in [0.3, 0.4) is 0 Å². The fourth-order valence-electron chi connectivity index (χ4n) is 8.34. The Morgan fingerprint density at radius 3 is 2.66 bits per heavy atom. The van der Waals surface area contributed by atoms with E-state index < -0.39 is 12.3 Å². The van der Waals surface area contributed by atoms with Gasteiger partial charge in [0.15, 0.2) is 0 Å². The average Bonchev–Trinajstić information content (AvgIpc) is 3.40. The summed E-state index contributed by atoms with van der Waals surface area (Å²) in [5, 5.41) is 25.8. The monoisotopic (exact) mass is 570 g/mol. The second kappa shape index (κ2) is 10.7. The minimum Gasteiger partial charge on any atom is -0.480 e. The Balaban J connectivity index is 1.14. The highest BCUT2D eigenvalue weighted by Gasteiger charge is 2.57. The van der Waals surface area contributed by atoms with E-state index in [1.54, 1.807) is 6.07 Å². The number of ether oxygens (including phenoxy) is 1. The Kier molecular flexibility index (Phi) is 7.18. The van der Waals surface area contributed by atoms with Gasteiger partial charge in [0.2, 0.25) is 5.95 Å². The molecule has 3 N–H and O–H groups in total. The maximum atomic E-state index is 12.8. The summed E-state index contributed by atoms with van der Waals surface area (Å²) in [4.78, 5) is 22.9. The molecule has 4 aliphatic carbocycles. The summed E-state index contributed by atoms with van der Waals surface area (Å²) >= 11 is 0. The van der Waals surface area contributed by atoms with Gasteiger partial charge in [-0.2, -0.15) is 10.2 Å². The molecule has 41 heavy (non-hydrogen) atoms. The number of hydrogen-bond donors (Lipinski definition) is 3. The molecule has 1 aromatic heterocycles. The quantitative estimate of drug-likeness (QED) is 0.382. The van der Waals surface area contributed by atoms with Crippen molar-refractivity contribution in [2.75, 3.05) is 23.7 Å². The van der Waals surface area contributed by atoms with Crippen molar-refractivity contribution in [3.63, 3.8) is 0 Å². The van der Waals surface area contributed by atoms with E-state index in [0.717, 1.165) is 51.5 Å². The summed E-state index contributed by atoms with van der Waals surface area (Å²) in [6.07, 6.45) is 3.72. The maximum absolute atomic E-state index is 12.8. The second-order valence-corrected chi connectivity index (χ2v) is 12.1. The first-order chi connectivity index (χ1) is 19.6. The van der Waals surface area contributed by atoms with E-state index in [4.69, 9.17) is 0 Å². The molecule has 0 amide bonds. The lowest BCUT2D eigenvalue weighted by atomic mass is 9.47. The zero-order valence-corrected chi connectivity index (χ0v) is 22.5. The molecule has 1 aliphatic heterocycles. The van der Waals surface area contributed by atoms with Gasteiger partial charge in [-0.1, -0.05) is 18.2 Å². The van der Waals surface area contributed by atoms with E-state index in [9.17, 15) is 28.3 Å². The number of alkyl halides is 3. The molecular weight excluding hydrogens is 537 g/mol. The van der Waals surface area contributed by atoms with Crippen LogP contribution in [0.25, 0.3) is 0 Å². The fraction of sp³-hybridized carbons (Fsp3) is 0.586. The fourth-order valence-corrected chi connectivity index (χ4v) is 8.34. The van der Waals surface area contributed by atoms with Crippen LogP contribution in [0.5, 0.6) is 5.75 Å². The molecule has 4 saturated carbocycles. The first-order valence-corrected chi connectivity index (χ1v) is 14.2. The highest BCUT2D eigenvalue weighted by molar-refractivity contribution is 5.73. The van der Waals surface area contributed by atoms with Crippen molar-refractivity contribution in [2.24, 2.45) is 23.2 Å². The van der Waals surface area contributed by atoms with Gasteiger partial charge >= 0.3 is 12.3 Å². The molecule has 2 heterocycles. The molecule has 3 atom stereocenters. The van der Waals surface area contributed by atoms with Gasteiger partial charge in [0.25, 0.3) is 0 Å². The average molecular weight is 571 g/mol. The second-order valence-electron chi connectivity index (χ2n) is 12.1. The van der Waals surface area contributed by atoms with Crippen molar-refractivity contribution >= 4 is 17.7 Å². The third-order valence-corrected chi connectivity index (χ3v) is 9.49. The van der Waals surface area contributed by atoms with Crippen LogP contribution in [0.2, 0.25) is 0 Å². The topological polar surface area (TPSA) is 123 Å². The number of rotatable bonds is 9. The van der Waals surface area contributed by atoms with Crippen molar-refractivity contribution < 1.29 is 27.8 Å². The van der Waals surface area contributed by atoms with Gasteiger partial charge in [0.05, 0.1) is 6.20 Å². The summed E-state index contributed by atoms with van der Waals surface area (Å²) < 4.78 is 42.5. The number of nitriles is 1. The highest BCUT2D eigenvalue weighted by atomic mass is 19.4. The predicted molar refractivity (Wildman–Crippen MR) is 143 cm³/mol. The van der Waals surface area contributed by atoms with E-state index in [2.05, 4.69) is 36.3 Å². The zero-order chi connectivity index (χ0) is 28.8. The number of benzene rings is 1.